The molecule has 3 N–H and O–H groups in total. The minimum atomic E-state index is -0.586. The minimum absolute atomic E-state index is 0.0300. The average molecular weight is 478 g/mol. The molecule has 0 radical (unpaired) electrons. The van der Waals surface area contributed by atoms with E-state index in [9.17, 15) is 15.0 Å². The lowest BCUT2D eigenvalue weighted by molar-refractivity contribution is -0.144. The molecule has 32 heavy (non-hydrogen) atoms. The van der Waals surface area contributed by atoms with Gasteiger partial charge in [0.15, 0.2) is 0 Å². The van der Waals surface area contributed by atoms with Gasteiger partial charge in [0, 0.05) is 46.7 Å². The Kier molecular flexibility index (Phi) is 6.81. The molecule has 1 amide bonds. The van der Waals surface area contributed by atoms with Crippen LogP contribution in [-0.4, -0.2) is 65.9 Å². The third kappa shape index (κ3) is 4.16. The number of hydrogen-bond donors (Lipinski definition) is 3. The van der Waals surface area contributed by atoms with Crippen molar-refractivity contribution in [3.05, 3.63) is 27.4 Å². The van der Waals surface area contributed by atoms with Crippen molar-refractivity contribution in [2.45, 2.75) is 51.6 Å². The number of aromatic nitrogens is 1. The summed E-state index contributed by atoms with van der Waals surface area (Å²) in [6.07, 6.45) is 2.11. The van der Waals surface area contributed by atoms with Crippen LogP contribution < -0.4 is 5.32 Å². The first kappa shape index (κ1) is 23.8. The van der Waals surface area contributed by atoms with Gasteiger partial charge in [-0.1, -0.05) is 13.8 Å². The number of likely N-dealkylation sites (N-methyl/N-ethyl adjacent to an activating group) is 1. The summed E-state index contributed by atoms with van der Waals surface area (Å²) >= 11 is 3.37. The van der Waals surface area contributed by atoms with Crippen molar-refractivity contribution in [1.29, 1.82) is 0 Å². The number of aliphatic hydroxyl groups is 2. The van der Waals surface area contributed by atoms with Crippen molar-refractivity contribution in [3.8, 4) is 10.6 Å². The number of thiazole rings is 1. The molecule has 176 valence electrons. The van der Waals surface area contributed by atoms with E-state index in [-0.39, 0.29) is 29.8 Å². The van der Waals surface area contributed by atoms with E-state index in [1.165, 1.54) is 4.88 Å². The predicted molar refractivity (Wildman–Crippen MR) is 130 cm³/mol. The number of amides is 1. The monoisotopic (exact) mass is 477 g/mol. The van der Waals surface area contributed by atoms with Crippen LogP contribution in [0.4, 0.5) is 0 Å². The van der Waals surface area contributed by atoms with Gasteiger partial charge in [-0.05, 0) is 56.1 Å². The lowest BCUT2D eigenvalue weighted by Gasteiger charge is -2.58. The predicted octanol–water partition coefficient (Wildman–Crippen LogP) is 3.36. The number of hydrogen-bond acceptors (Lipinski definition) is 7. The molecular formula is C24H35N3O3S2. The number of carbonyl (C=O) groups is 1. The fourth-order valence-electron chi connectivity index (χ4n) is 5.83. The van der Waals surface area contributed by atoms with E-state index in [0.29, 0.717) is 19.4 Å². The van der Waals surface area contributed by atoms with Gasteiger partial charge < -0.3 is 20.4 Å². The van der Waals surface area contributed by atoms with Crippen molar-refractivity contribution in [1.82, 2.24) is 15.2 Å². The summed E-state index contributed by atoms with van der Waals surface area (Å²) in [6, 6.07) is 2.09. The number of nitrogens with zero attached hydrogens (tertiary/aromatic N) is 2. The smallest absolute Gasteiger partial charge is 0.220 e. The first-order valence-corrected chi connectivity index (χ1v) is 13.2. The van der Waals surface area contributed by atoms with Crippen LogP contribution in [0.5, 0.6) is 0 Å². The standard InChI is InChI=1S/C24H35N3O3S2/c1-23-7-5-19(29)24(2,14-28)18(23)12-17-21(26-22(32-17)15-6-10-31-13-15)16(23)11-20(30)25-8-9-27(3)4/h6,10,13,16,18-19,28-29H,5,7-9,11-12,14H2,1-4H3,(H,25,30). The molecule has 5 unspecified atom stereocenters. The highest BCUT2D eigenvalue weighted by Crippen LogP contribution is 2.62. The molecule has 8 heteroatoms. The first-order chi connectivity index (χ1) is 15.2. The zero-order chi connectivity index (χ0) is 23.1. The second-order valence-corrected chi connectivity index (χ2v) is 12.1. The fraction of sp³-hybridized carbons (Fsp3) is 0.667. The summed E-state index contributed by atoms with van der Waals surface area (Å²) in [4.78, 5) is 21.3. The molecule has 4 rings (SSSR count). The van der Waals surface area contributed by atoms with Crippen LogP contribution in [0, 0.1) is 16.7 Å². The van der Waals surface area contributed by atoms with Crippen LogP contribution in [-0.2, 0) is 11.2 Å². The van der Waals surface area contributed by atoms with E-state index in [1.54, 1.807) is 22.7 Å². The number of carbonyl (C=O) groups excluding carboxylic acids is 1. The van der Waals surface area contributed by atoms with E-state index in [4.69, 9.17) is 4.98 Å². The van der Waals surface area contributed by atoms with Crippen LogP contribution in [0.2, 0.25) is 0 Å². The van der Waals surface area contributed by atoms with Gasteiger partial charge in [0.05, 0.1) is 18.4 Å². The summed E-state index contributed by atoms with van der Waals surface area (Å²) in [5, 5.41) is 29.5. The molecule has 1 fully saturated rings. The lowest BCUT2D eigenvalue weighted by Crippen LogP contribution is -2.57. The maximum atomic E-state index is 13.0. The minimum Gasteiger partial charge on any atom is -0.396 e. The largest absolute Gasteiger partial charge is 0.396 e. The third-order valence-electron chi connectivity index (χ3n) is 7.93. The van der Waals surface area contributed by atoms with E-state index in [0.717, 1.165) is 35.7 Å². The van der Waals surface area contributed by atoms with Gasteiger partial charge in [-0.3, -0.25) is 4.79 Å². The van der Waals surface area contributed by atoms with Crippen molar-refractivity contribution in [2.75, 3.05) is 33.8 Å². The number of nitrogens with one attached hydrogen (secondary N) is 1. The molecule has 0 saturated heterocycles. The summed E-state index contributed by atoms with van der Waals surface area (Å²) in [6.45, 7) is 5.63. The second kappa shape index (κ2) is 9.14. The van der Waals surface area contributed by atoms with Gasteiger partial charge in [0.1, 0.15) is 5.01 Å². The Bertz CT molecular complexity index is 944. The molecule has 0 bridgehead atoms. The van der Waals surface area contributed by atoms with Gasteiger partial charge in [0.2, 0.25) is 5.91 Å². The molecule has 0 aromatic carbocycles. The maximum Gasteiger partial charge on any atom is 0.220 e. The quantitative estimate of drug-likeness (QED) is 0.569. The molecular weight excluding hydrogens is 442 g/mol. The highest BCUT2D eigenvalue weighted by atomic mass is 32.1. The molecule has 1 saturated carbocycles. The molecule has 2 aliphatic carbocycles. The summed E-state index contributed by atoms with van der Waals surface area (Å²) in [5.74, 6) is 0.107. The number of thiophene rings is 1. The lowest BCUT2D eigenvalue weighted by atomic mass is 9.47. The first-order valence-electron chi connectivity index (χ1n) is 11.4. The van der Waals surface area contributed by atoms with E-state index in [1.807, 2.05) is 21.0 Å². The normalized spacial score (nSPS) is 31.9. The third-order valence-corrected chi connectivity index (χ3v) is 9.76. The fourth-order valence-corrected chi connectivity index (χ4v) is 7.71. The van der Waals surface area contributed by atoms with Crippen LogP contribution >= 0.6 is 22.7 Å². The molecule has 6 nitrogen and oxygen atoms in total. The van der Waals surface area contributed by atoms with Crippen LogP contribution in [0.3, 0.4) is 0 Å². The molecule has 2 aliphatic rings. The van der Waals surface area contributed by atoms with E-state index >= 15 is 0 Å². The van der Waals surface area contributed by atoms with E-state index < -0.39 is 11.5 Å². The second-order valence-electron chi connectivity index (χ2n) is 10.2. The SMILES string of the molecule is CN(C)CCNC(=O)CC1c2nc(-c3ccsc3)sc2CC2C(C)(CO)C(O)CCC12C. The van der Waals surface area contributed by atoms with Gasteiger partial charge >= 0.3 is 0 Å². The molecule has 2 aromatic rings. The molecule has 5 atom stereocenters. The van der Waals surface area contributed by atoms with Crippen LogP contribution in [0.15, 0.2) is 16.8 Å². The number of fused-ring (bicyclic) bond motifs is 2. The van der Waals surface area contributed by atoms with Crippen molar-refractivity contribution in [3.63, 3.8) is 0 Å². The molecule has 2 aromatic heterocycles. The molecule has 2 heterocycles. The summed E-state index contributed by atoms with van der Waals surface area (Å²) in [5.41, 5.74) is 1.38. The van der Waals surface area contributed by atoms with Gasteiger partial charge in [-0.2, -0.15) is 11.3 Å². The van der Waals surface area contributed by atoms with Gasteiger partial charge in [-0.15, -0.1) is 11.3 Å². The highest BCUT2D eigenvalue weighted by Gasteiger charge is 2.59. The number of aliphatic hydroxyl groups excluding tert-OH is 2. The molecule has 0 aliphatic heterocycles. The Morgan fingerprint density at radius 3 is 2.81 bits per heavy atom. The maximum absolute atomic E-state index is 13.0. The van der Waals surface area contributed by atoms with Crippen molar-refractivity contribution >= 4 is 28.6 Å². The van der Waals surface area contributed by atoms with E-state index in [2.05, 4.69) is 34.0 Å². The summed E-state index contributed by atoms with van der Waals surface area (Å²) < 4.78 is 0. The highest BCUT2D eigenvalue weighted by molar-refractivity contribution is 7.15. The Hall–Kier alpha value is -1.32. The van der Waals surface area contributed by atoms with Crippen LogP contribution in [0.1, 0.15) is 49.6 Å². The Labute approximate surface area is 198 Å². The Morgan fingerprint density at radius 1 is 1.38 bits per heavy atom. The molecule has 0 spiro atoms. The van der Waals surface area contributed by atoms with Crippen molar-refractivity contribution < 1.29 is 15.0 Å². The van der Waals surface area contributed by atoms with Crippen molar-refractivity contribution in [2.24, 2.45) is 16.7 Å². The topological polar surface area (TPSA) is 85.7 Å². The Morgan fingerprint density at radius 2 is 2.16 bits per heavy atom. The zero-order valence-electron chi connectivity index (χ0n) is 19.4. The van der Waals surface area contributed by atoms with Crippen LogP contribution in [0.25, 0.3) is 10.6 Å². The zero-order valence-corrected chi connectivity index (χ0v) is 21.1. The van der Waals surface area contributed by atoms with Gasteiger partial charge in [-0.25, -0.2) is 4.98 Å². The van der Waals surface area contributed by atoms with Gasteiger partial charge in [0.25, 0.3) is 0 Å². The summed E-state index contributed by atoms with van der Waals surface area (Å²) in [7, 11) is 3.99. The number of rotatable bonds is 7. The Balaban J connectivity index is 1.71. The average Bonchev–Trinajstić information content (AvgIpc) is 3.42.